The average Bonchev–Trinajstić information content (AvgIpc) is 2.28. The minimum Gasteiger partial charge on any atom is -0.426 e. The Morgan fingerprint density at radius 2 is 2.17 bits per heavy atom. The molecule has 1 aromatic rings. The molecule has 18 heavy (non-hydrogen) atoms. The van der Waals surface area contributed by atoms with Gasteiger partial charge in [-0.15, -0.1) is 0 Å². The quantitative estimate of drug-likeness (QED) is 0.255. The Hall–Kier alpha value is -1.95. The van der Waals surface area contributed by atoms with Crippen LogP contribution in [0.4, 0.5) is 5.69 Å². The third-order valence-electron chi connectivity index (χ3n) is 2.25. The normalized spacial score (nSPS) is 10.1. The summed E-state index contributed by atoms with van der Waals surface area (Å²) in [6.45, 7) is 4.28. The van der Waals surface area contributed by atoms with Crippen LogP contribution in [0.1, 0.15) is 18.9 Å². The Bertz CT molecular complexity index is 444. The van der Waals surface area contributed by atoms with Crippen LogP contribution in [0.25, 0.3) is 0 Å². The smallest absolute Gasteiger partial charge is 0.313 e. The Morgan fingerprint density at radius 3 is 2.72 bits per heavy atom. The third kappa shape index (κ3) is 4.14. The maximum atomic E-state index is 11.4. The van der Waals surface area contributed by atoms with Crippen molar-refractivity contribution in [3.05, 3.63) is 33.9 Å². The van der Waals surface area contributed by atoms with Gasteiger partial charge in [0.05, 0.1) is 18.0 Å². The lowest BCUT2D eigenvalue weighted by molar-refractivity contribution is -0.385. The highest BCUT2D eigenvalue weighted by Crippen LogP contribution is 2.23. The summed E-state index contributed by atoms with van der Waals surface area (Å²) in [6.07, 6.45) is 0.157. The molecule has 0 aliphatic heterocycles. The number of rotatable bonds is 6. The van der Waals surface area contributed by atoms with Gasteiger partial charge in [0.15, 0.2) is 0 Å². The highest BCUT2D eigenvalue weighted by atomic mass is 16.6. The van der Waals surface area contributed by atoms with Crippen LogP contribution in [0, 0.1) is 17.0 Å². The molecule has 0 aliphatic carbocycles. The van der Waals surface area contributed by atoms with Crippen LogP contribution < -0.4 is 4.74 Å². The average molecular weight is 253 g/mol. The topological polar surface area (TPSA) is 78.7 Å². The second-order valence-electron chi connectivity index (χ2n) is 3.63. The Morgan fingerprint density at radius 1 is 1.44 bits per heavy atom. The number of esters is 1. The van der Waals surface area contributed by atoms with Crippen molar-refractivity contribution in [3.63, 3.8) is 0 Å². The Labute approximate surface area is 105 Å². The van der Waals surface area contributed by atoms with Gasteiger partial charge >= 0.3 is 5.97 Å². The zero-order chi connectivity index (χ0) is 13.5. The number of benzene rings is 1. The van der Waals surface area contributed by atoms with Crippen molar-refractivity contribution in [2.45, 2.75) is 20.3 Å². The Kier molecular flexibility index (Phi) is 5.26. The molecule has 0 saturated heterocycles. The largest absolute Gasteiger partial charge is 0.426 e. The lowest BCUT2D eigenvalue weighted by Gasteiger charge is -2.05. The summed E-state index contributed by atoms with van der Waals surface area (Å²) in [5.41, 5.74) is 0.458. The summed E-state index contributed by atoms with van der Waals surface area (Å²) < 4.78 is 10.1. The number of nitro groups is 1. The fourth-order valence-corrected chi connectivity index (χ4v) is 1.38. The SMILES string of the molecule is CCOCCC(=O)Oc1ccc([N+](=O)[O-])c(C)c1. The summed E-state index contributed by atoms with van der Waals surface area (Å²) in [7, 11) is 0. The van der Waals surface area contributed by atoms with Gasteiger partial charge in [-0.1, -0.05) is 0 Å². The first-order chi connectivity index (χ1) is 8.54. The van der Waals surface area contributed by atoms with Gasteiger partial charge < -0.3 is 9.47 Å². The van der Waals surface area contributed by atoms with Crippen molar-refractivity contribution >= 4 is 11.7 Å². The lowest BCUT2D eigenvalue weighted by atomic mass is 10.2. The second-order valence-corrected chi connectivity index (χ2v) is 3.63. The van der Waals surface area contributed by atoms with Crippen molar-refractivity contribution in [3.8, 4) is 5.75 Å². The molecular weight excluding hydrogens is 238 g/mol. The highest BCUT2D eigenvalue weighted by Gasteiger charge is 2.12. The number of nitro benzene ring substituents is 1. The van der Waals surface area contributed by atoms with E-state index in [1.165, 1.54) is 18.2 Å². The third-order valence-corrected chi connectivity index (χ3v) is 2.25. The molecule has 0 amide bonds. The van der Waals surface area contributed by atoms with Crippen molar-refractivity contribution in [1.82, 2.24) is 0 Å². The van der Waals surface area contributed by atoms with Crippen LogP contribution in [-0.4, -0.2) is 24.1 Å². The van der Waals surface area contributed by atoms with Gasteiger partial charge in [-0.05, 0) is 26.0 Å². The second kappa shape index (κ2) is 6.70. The summed E-state index contributed by atoms with van der Waals surface area (Å²) >= 11 is 0. The number of hydrogen-bond acceptors (Lipinski definition) is 5. The summed E-state index contributed by atoms with van der Waals surface area (Å²) in [6, 6.07) is 4.20. The minimum absolute atomic E-state index is 0.00381. The van der Waals surface area contributed by atoms with Crippen molar-refractivity contribution in [2.75, 3.05) is 13.2 Å². The standard InChI is InChI=1S/C12H15NO5/c1-3-17-7-6-12(14)18-10-4-5-11(13(15)16)9(2)8-10/h4-5,8H,3,6-7H2,1-2H3. The molecule has 0 fully saturated rings. The van der Waals surface area contributed by atoms with Crippen molar-refractivity contribution in [1.29, 1.82) is 0 Å². The molecule has 0 aliphatic rings. The van der Waals surface area contributed by atoms with E-state index in [0.29, 0.717) is 24.5 Å². The van der Waals surface area contributed by atoms with Crippen LogP contribution in [-0.2, 0) is 9.53 Å². The number of hydrogen-bond donors (Lipinski definition) is 0. The first-order valence-electron chi connectivity index (χ1n) is 5.58. The molecule has 0 bridgehead atoms. The maximum Gasteiger partial charge on any atom is 0.313 e. The van der Waals surface area contributed by atoms with Gasteiger partial charge in [0.25, 0.3) is 5.69 Å². The molecule has 0 aromatic heterocycles. The van der Waals surface area contributed by atoms with E-state index in [1.807, 2.05) is 6.92 Å². The molecule has 0 heterocycles. The fraction of sp³-hybridized carbons (Fsp3) is 0.417. The lowest BCUT2D eigenvalue weighted by Crippen LogP contribution is -2.11. The zero-order valence-electron chi connectivity index (χ0n) is 10.3. The van der Waals surface area contributed by atoms with Gasteiger partial charge in [-0.2, -0.15) is 0 Å². The van der Waals surface area contributed by atoms with E-state index in [-0.39, 0.29) is 12.1 Å². The van der Waals surface area contributed by atoms with E-state index in [9.17, 15) is 14.9 Å². The molecule has 98 valence electrons. The number of aryl methyl sites for hydroxylation is 1. The molecule has 6 heteroatoms. The molecule has 1 rings (SSSR count). The molecule has 0 atom stereocenters. The van der Waals surface area contributed by atoms with E-state index < -0.39 is 10.9 Å². The van der Waals surface area contributed by atoms with E-state index in [1.54, 1.807) is 6.92 Å². The first-order valence-corrected chi connectivity index (χ1v) is 5.58. The first kappa shape index (κ1) is 14.1. The van der Waals surface area contributed by atoms with E-state index >= 15 is 0 Å². The van der Waals surface area contributed by atoms with Crippen LogP contribution in [0.5, 0.6) is 5.75 Å². The van der Waals surface area contributed by atoms with Crippen LogP contribution in [0.3, 0.4) is 0 Å². The maximum absolute atomic E-state index is 11.4. The summed E-state index contributed by atoms with van der Waals surface area (Å²) in [5.74, 6) is -0.115. The Balaban J connectivity index is 2.60. The number of carbonyl (C=O) groups is 1. The number of nitrogens with zero attached hydrogens (tertiary/aromatic N) is 1. The number of carbonyl (C=O) groups excluding carboxylic acids is 1. The molecule has 0 N–H and O–H groups in total. The monoisotopic (exact) mass is 253 g/mol. The molecular formula is C12H15NO5. The van der Waals surface area contributed by atoms with Gasteiger partial charge in [0, 0.05) is 18.2 Å². The van der Waals surface area contributed by atoms with Gasteiger partial charge in [-0.3, -0.25) is 14.9 Å². The molecule has 0 radical (unpaired) electrons. The van der Waals surface area contributed by atoms with E-state index in [0.717, 1.165) is 0 Å². The molecule has 0 spiro atoms. The predicted octanol–water partition coefficient (Wildman–Crippen LogP) is 2.24. The highest BCUT2D eigenvalue weighted by molar-refractivity contribution is 5.72. The van der Waals surface area contributed by atoms with E-state index in [2.05, 4.69) is 0 Å². The van der Waals surface area contributed by atoms with Crippen molar-refractivity contribution < 1.29 is 19.2 Å². The van der Waals surface area contributed by atoms with Gasteiger partial charge in [-0.25, -0.2) is 0 Å². The summed E-state index contributed by atoms with van der Waals surface area (Å²) in [5, 5.41) is 10.6. The zero-order valence-corrected chi connectivity index (χ0v) is 10.3. The van der Waals surface area contributed by atoms with Gasteiger partial charge in [0.1, 0.15) is 5.75 Å². The van der Waals surface area contributed by atoms with Crippen LogP contribution in [0.2, 0.25) is 0 Å². The molecule has 1 aromatic carbocycles. The van der Waals surface area contributed by atoms with Crippen molar-refractivity contribution in [2.24, 2.45) is 0 Å². The van der Waals surface area contributed by atoms with Crippen LogP contribution in [0.15, 0.2) is 18.2 Å². The molecule has 0 unspecified atom stereocenters. The number of ether oxygens (including phenoxy) is 2. The fourth-order valence-electron chi connectivity index (χ4n) is 1.38. The van der Waals surface area contributed by atoms with E-state index in [4.69, 9.17) is 9.47 Å². The molecule has 6 nitrogen and oxygen atoms in total. The van der Waals surface area contributed by atoms with Gasteiger partial charge in [0.2, 0.25) is 0 Å². The minimum atomic E-state index is -0.476. The predicted molar refractivity (Wildman–Crippen MR) is 64.6 cm³/mol. The summed E-state index contributed by atoms with van der Waals surface area (Å²) in [4.78, 5) is 21.5. The van der Waals surface area contributed by atoms with Crippen LogP contribution >= 0.6 is 0 Å². The molecule has 0 saturated carbocycles.